The lowest BCUT2D eigenvalue weighted by Gasteiger charge is -1.86. The Morgan fingerprint density at radius 3 is 3.62 bits per heavy atom. The smallest absolute Gasteiger partial charge is 0.203 e. The Morgan fingerprint density at radius 1 is 1.75 bits per heavy atom. The molecule has 0 aromatic carbocycles. The van der Waals surface area contributed by atoms with Crippen molar-refractivity contribution in [2.24, 2.45) is 0 Å². The summed E-state index contributed by atoms with van der Waals surface area (Å²) in [4.78, 5) is 4.02. The maximum Gasteiger partial charge on any atom is 0.203 e. The third-order valence-electron chi connectivity index (χ3n) is 1.23. The minimum Gasteiger partial charge on any atom is -0.349 e. The highest BCUT2D eigenvalue weighted by Crippen LogP contribution is 2.11. The van der Waals surface area contributed by atoms with Crippen LogP contribution in [0.25, 0.3) is 0 Å². The molecule has 1 aromatic heterocycles. The Labute approximate surface area is 47.3 Å². The highest BCUT2D eigenvalue weighted by molar-refractivity contribution is 5.32. The minimum atomic E-state index is 0.940. The summed E-state index contributed by atoms with van der Waals surface area (Å²) in [7, 11) is 0. The number of hydrogen-bond donors (Lipinski definition) is 1. The predicted molar refractivity (Wildman–Crippen MR) is 30.1 cm³/mol. The largest absolute Gasteiger partial charge is 0.349 e. The molecule has 3 heteroatoms. The van der Waals surface area contributed by atoms with Crippen LogP contribution in [0, 0.1) is 6.54 Å². The van der Waals surface area contributed by atoms with E-state index in [1.54, 1.807) is 6.20 Å². The van der Waals surface area contributed by atoms with E-state index >= 15 is 0 Å². The first-order chi connectivity index (χ1) is 3.97. The van der Waals surface area contributed by atoms with Gasteiger partial charge in [0.05, 0.1) is 6.54 Å². The highest BCUT2D eigenvalue weighted by Gasteiger charge is 2.06. The number of anilines is 1. The van der Waals surface area contributed by atoms with Crippen LogP contribution in [0.15, 0.2) is 12.4 Å². The second-order valence-corrected chi connectivity index (χ2v) is 1.75. The van der Waals surface area contributed by atoms with Crippen molar-refractivity contribution in [2.75, 3.05) is 5.32 Å². The summed E-state index contributed by atoms with van der Waals surface area (Å²) >= 11 is 0. The van der Waals surface area contributed by atoms with Gasteiger partial charge in [0.2, 0.25) is 5.95 Å². The molecule has 0 atom stereocenters. The van der Waals surface area contributed by atoms with E-state index in [0.717, 1.165) is 12.5 Å². The summed E-state index contributed by atoms with van der Waals surface area (Å²) in [6.07, 6.45) is 3.74. The molecule has 1 aliphatic heterocycles. The van der Waals surface area contributed by atoms with Gasteiger partial charge in [0.1, 0.15) is 0 Å². The van der Waals surface area contributed by atoms with Crippen molar-refractivity contribution in [1.82, 2.24) is 9.55 Å². The van der Waals surface area contributed by atoms with Gasteiger partial charge in [-0.15, -0.1) is 0 Å². The molecule has 0 saturated heterocycles. The van der Waals surface area contributed by atoms with E-state index < -0.39 is 0 Å². The normalized spacial score (nSPS) is 15.5. The number of nitrogens with one attached hydrogen (secondary N) is 1. The van der Waals surface area contributed by atoms with Crippen LogP contribution in [-0.2, 0) is 6.54 Å². The first kappa shape index (κ1) is 3.95. The quantitative estimate of drug-likeness (QED) is 0.523. The van der Waals surface area contributed by atoms with Gasteiger partial charge in [-0.1, -0.05) is 0 Å². The highest BCUT2D eigenvalue weighted by atomic mass is 15.2. The molecule has 2 rings (SSSR count). The fourth-order valence-corrected chi connectivity index (χ4v) is 0.832. The summed E-state index contributed by atoms with van der Waals surface area (Å²) in [5, 5.41) is 3.01. The molecule has 0 amide bonds. The van der Waals surface area contributed by atoms with E-state index in [1.807, 2.05) is 17.3 Å². The van der Waals surface area contributed by atoms with Gasteiger partial charge < -0.3 is 9.88 Å². The standard InChI is InChI=1S/C5H6N3/c1-3-8-4-2-7-5(8)6-1/h1-3H,4H2,(H,6,7). The SMILES string of the molecule is [CH]1Cn2ccnc2N1. The monoisotopic (exact) mass is 108 g/mol. The Kier molecular flexibility index (Phi) is 0.614. The first-order valence-corrected chi connectivity index (χ1v) is 2.56. The van der Waals surface area contributed by atoms with E-state index in [4.69, 9.17) is 0 Å². The number of fused-ring (bicyclic) bond motifs is 1. The van der Waals surface area contributed by atoms with Crippen molar-refractivity contribution in [2.45, 2.75) is 6.54 Å². The van der Waals surface area contributed by atoms with Crippen molar-refractivity contribution in [1.29, 1.82) is 0 Å². The molecule has 0 bridgehead atoms. The van der Waals surface area contributed by atoms with Gasteiger partial charge in [0.25, 0.3) is 0 Å². The number of imidazole rings is 1. The van der Waals surface area contributed by atoms with Crippen LogP contribution in [0.4, 0.5) is 5.95 Å². The lowest BCUT2D eigenvalue weighted by Crippen LogP contribution is -1.84. The van der Waals surface area contributed by atoms with E-state index in [-0.39, 0.29) is 0 Å². The lowest BCUT2D eigenvalue weighted by atomic mass is 10.7. The Bertz CT molecular complexity index is 173. The predicted octanol–water partition coefficient (Wildman–Crippen LogP) is 0.470. The number of hydrogen-bond acceptors (Lipinski definition) is 2. The van der Waals surface area contributed by atoms with E-state index in [2.05, 4.69) is 10.3 Å². The molecule has 1 aromatic rings. The first-order valence-electron chi connectivity index (χ1n) is 2.56. The molecule has 0 saturated carbocycles. The molecule has 3 nitrogen and oxygen atoms in total. The Hall–Kier alpha value is -0.990. The molecular formula is C5H6N3. The zero-order valence-electron chi connectivity index (χ0n) is 4.33. The van der Waals surface area contributed by atoms with Crippen LogP contribution < -0.4 is 5.32 Å². The molecule has 1 radical (unpaired) electrons. The van der Waals surface area contributed by atoms with Gasteiger partial charge in [-0.3, -0.25) is 0 Å². The van der Waals surface area contributed by atoms with Gasteiger partial charge in [0.15, 0.2) is 0 Å². The van der Waals surface area contributed by atoms with Gasteiger partial charge in [-0.25, -0.2) is 4.98 Å². The fraction of sp³-hybridized carbons (Fsp3) is 0.200. The summed E-state index contributed by atoms with van der Waals surface area (Å²) in [6, 6.07) is 0. The summed E-state index contributed by atoms with van der Waals surface area (Å²) in [6.45, 7) is 2.91. The minimum absolute atomic E-state index is 0.940. The van der Waals surface area contributed by atoms with Crippen LogP contribution in [0.3, 0.4) is 0 Å². The molecule has 1 aliphatic rings. The van der Waals surface area contributed by atoms with E-state index in [0.29, 0.717) is 0 Å². The van der Waals surface area contributed by atoms with Crippen molar-refractivity contribution in [3.8, 4) is 0 Å². The molecule has 41 valence electrons. The van der Waals surface area contributed by atoms with E-state index in [9.17, 15) is 0 Å². The second-order valence-electron chi connectivity index (χ2n) is 1.75. The maximum absolute atomic E-state index is 4.02. The van der Waals surface area contributed by atoms with Crippen LogP contribution in [0.1, 0.15) is 0 Å². The maximum atomic E-state index is 4.02. The van der Waals surface area contributed by atoms with E-state index in [1.165, 1.54) is 0 Å². The van der Waals surface area contributed by atoms with Crippen molar-refractivity contribution < 1.29 is 0 Å². The molecule has 0 fully saturated rings. The second kappa shape index (κ2) is 1.24. The van der Waals surface area contributed by atoms with Crippen LogP contribution in [0.5, 0.6) is 0 Å². The van der Waals surface area contributed by atoms with Crippen molar-refractivity contribution >= 4 is 5.95 Å². The molecule has 1 N–H and O–H groups in total. The molecule has 2 heterocycles. The Balaban J connectivity index is 2.54. The summed E-state index contributed by atoms with van der Waals surface area (Å²) < 4.78 is 2.04. The molecule has 8 heavy (non-hydrogen) atoms. The lowest BCUT2D eigenvalue weighted by molar-refractivity contribution is 0.856. The van der Waals surface area contributed by atoms with Crippen LogP contribution >= 0.6 is 0 Å². The third kappa shape index (κ3) is 0.358. The van der Waals surface area contributed by atoms with Gasteiger partial charge in [-0.05, 0) is 0 Å². The third-order valence-corrected chi connectivity index (χ3v) is 1.23. The average Bonchev–Trinajstić information content (AvgIpc) is 2.15. The number of aromatic nitrogens is 2. The molecular weight excluding hydrogens is 102 g/mol. The Morgan fingerprint density at radius 2 is 2.75 bits per heavy atom. The number of nitrogens with zero attached hydrogens (tertiary/aromatic N) is 2. The zero-order valence-corrected chi connectivity index (χ0v) is 4.33. The molecule has 0 unspecified atom stereocenters. The van der Waals surface area contributed by atoms with Gasteiger partial charge in [-0.2, -0.15) is 0 Å². The number of rotatable bonds is 0. The van der Waals surface area contributed by atoms with Crippen LogP contribution in [0.2, 0.25) is 0 Å². The molecule has 0 aliphatic carbocycles. The van der Waals surface area contributed by atoms with Crippen LogP contribution in [-0.4, -0.2) is 9.55 Å². The van der Waals surface area contributed by atoms with Gasteiger partial charge >= 0.3 is 0 Å². The fourth-order valence-electron chi connectivity index (χ4n) is 0.832. The summed E-state index contributed by atoms with van der Waals surface area (Å²) in [5.41, 5.74) is 0. The summed E-state index contributed by atoms with van der Waals surface area (Å²) in [5.74, 6) is 0.949. The topological polar surface area (TPSA) is 29.9 Å². The van der Waals surface area contributed by atoms with Crippen molar-refractivity contribution in [3.63, 3.8) is 0 Å². The average molecular weight is 108 g/mol. The zero-order chi connectivity index (χ0) is 5.40. The molecule has 0 spiro atoms. The van der Waals surface area contributed by atoms with Gasteiger partial charge in [0, 0.05) is 18.9 Å². The van der Waals surface area contributed by atoms with Crippen molar-refractivity contribution in [3.05, 3.63) is 18.9 Å².